The third kappa shape index (κ3) is 4.51. The Hall–Kier alpha value is -1.00. The first-order valence-electron chi connectivity index (χ1n) is 8.86. The molecule has 4 heteroatoms. The lowest BCUT2D eigenvalue weighted by atomic mass is 9.67. The first kappa shape index (κ1) is 16.8. The van der Waals surface area contributed by atoms with Gasteiger partial charge < -0.3 is 11.1 Å². The molecule has 3 rings (SSSR count). The maximum Gasteiger partial charge on any atom is 0.221 e. The van der Waals surface area contributed by atoms with Gasteiger partial charge in [0.25, 0.3) is 0 Å². The van der Waals surface area contributed by atoms with E-state index in [4.69, 9.17) is 5.73 Å². The zero-order valence-corrected chi connectivity index (χ0v) is 14.8. The number of aryl methyl sites for hydroxylation is 1. The van der Waals surface area contributed by atoms with Crippen LogP contribution in [0, 0.1) is 18.8 Å². The van der Waals surface area contributed by atoms with Crippen LogP contribution in [0.15, 0.2) is 29.2 Å². The van der Waals surface area contributed by atoms with Crippen molar-refractivity contribution in [2.45, 2.75) is 62.4 Å². The second-order valence-corrected chi connectivity index (χ2v) is 8.36. The molecule has 0 saturated heterocycles. The number of hydrogen-bond donors (Lipinski definition) is 2. The molecule has 2 bridgehead atoms. The highest BCUT2D eigenvalue weighted by atomic mass is 32.2. The van der Waals surface area contributed by atoms with Gasteiger partial charge in [0.1, 0.15) is 0 Å². The zero-order valence-electron chi connectivity index (χ0n) is 14.0. The van der Waals surface area contributed by atoms with Gasteiger partial charge in [0.05, 0.1) is 0 Å². The van der Waals surface area contributed by atoms with Gasteiger partial charge in [-0.1, -0.05) is 24.1 Å². The SMILES string of the molecule is Cc1ccc(SCCC(=O)NC2C3CCCC2CC(N)C3)cc1. The molecular weight excluding hydrogens is 304 g/mol. The Morgan fingerprint density at radius 2 is 1.87 bits per heavy atom. The summed E-state index contributed by atoms with van der Waals surface area (Å²) in [5.74, 6) is 2.26. The lowest BCUT2D eigenvalue weighted by Gasteiger charge is -2.45. The Labute approximate surface area is 143 Å². The number of carbonyl (C=O) groups is 1. The largest absolute Gasteiger partial charge is 0.353 e. The molecule has 2 aliphatic carbocycles. The van der Waals surface area contributed by atoms with E-state index in [1.54, 1.807) is 11.8 Å². The van der Waals surface area contributed by atoms with E-state index >= 15 is 0 Å². The van der Waals surface area contributed by atoms with Gasteiger partial charge in [0, 0.05) is 29.2 Å². The number of carbonyl (C=O) groups excluding carboxylic acids is 1. The first-order valence-corrected chi connectivity index (χ1v) is 9.85. The van der Waals surface area contributed by atoms with Crippen LogP contribution >= 0.6 is 11.8 Å². The average Bonchev–Trinajstić information content (AvgIpc) is 2.50. The van der Waals surface area contributed by atoms with E-state index in [2.05, 4.69) is 36.5 Å². The molecule has 2 atom stereocenters. The summed E-state index contributed by atoms with van der Waals surface area (Å²) < 4.78 is 0. The molecular formula is C19H28N2OS. The third-order valence-corrected chi connectivity index (χ3v) is 6.34. The van der Waals surface area contributed by atoms with Crippen molar-refractivity contribution < 1.29 is 4.79 Å². The summed E-state index contributed by atoms with van der Waals surface area (Å²) in [4.78, 5) is 13.6. The van der Waals surface area contributed by atoms with Crippen molar-refractivity contribution in [3.63, 3.8) is 0 Å². The van der Waals surface area contributed by atoms with Crippen molar-refractivity contribution in [1.29, 1.82) is 0 Å². The predicted octanol–water partition coefficient (Wildman–Crippen LogP) is 3.50. The van der Waals surface area contributed by atoms with Crippen LogP contribution in [0.2, 0.25) is 0 Å². The predicted molar refractivity (Wildman–Crippen MR) is 96.5 cm³/mol. The molecule has 2 saturated carbocycles. The van der Waals surface area contributed by atoms with Gasteiger partial charge in [-0.05, 0) is 56.6 Å². The molecule has 0 spiro atoms. The van der Waals surface area contributed by atoms with E-state index in [0.717, 1.165) is 18.6 Å². The second kappa shape index (κ2) is 7.71. The molecule has 126 valence electrons. The minimum atomic E-state index is 0.210. The number of hydrogen-bond acceptors (Lipinski definition) is 3. The number of nitrogens with two attached hydrogens (primary N) is 1. The number of fused-ring (bicyclic) bond motifs is 2. The Morgan fingerprint density at radius 1 is 1.22 bits per heavy atom. The van der Waals surface area contributed by atoms with Gasteiger partial charge >= 0.3 is 0 Å². The highest BCUT2D eigenvalue weighted by Gasteiger charge is 2.39. The van der Waals surface area contributed by atoms with E-state index in [-0.39, 0.29) is 5.91 Å². The van der Waals surface area contributed by atoms with Gasteiger partial charge in [0.2, 0.25) is 5.91 Å². The minimum Gasteiger partial charge on any atom is -0.353 e. The maximum absolute atomic E-state index is 12.3. The van der Waals surface area contributed by atoms with Gasteiger partial charge in [-0.3, -0.25) is 4.79 Å². The average molecular weight is 333 g/mol. The molecule has 0 aromatic heterocycles. The molecule has 0 radical (unpaired) electrons. The van der Waals surface area contributed by atoms with Gasteiger partial charge in [0.15, 0.2) is 0 Å². The Morgan fingerprint density at radius 3 is 2.52 bits per heavy atom. The number of benzene rings is 1. The molecule has 0 aliphatic heterocycles. The summed E-state index contributed by atoms with van der Waals surface area (Å²) in [6.07, 6.45) is 6.53. The lowest BCUT2D eigenvalue weighted by molar-refractivity contribution is -0.123. The summed E-state index contributed by atoms with van der Waals surface area (Å²) in [7, 11) is 0. The molecule has 2 fully saturated rings. The molecule has 2 unspecified atom stereocenters. The zero-order chi connectivity index (χ0) is 16.2. The van der Waals surface area contributed by atoms with Gasteiger partial charge in [-0.2, -0.15) is 0 Å². The molecule has 0 heterocycles. The Balaban J connectivity index is 1.45. The number of nitrogens with one attached hydrogen (secondary N) is 1. The van der Waals surface area contributed by atoms with E-state index in [0.29, 0.717) is 30.3 Å². The van der Waals surface area contributed by atoms with E-state index in [1.165, 1.54) is 29.7 Å². The smallest absolute Gasteiger partial charge is 0.221 e. The maximum atomic E-state index is 12.3. The fourth-order valence-electron chi connectivity index (χ4n) is 4.18. The van der Waals surface area contributed by atoms with E-state index in [9.17, 15) is 4.79 Å². The Kier molecular flexibility index (Phi) is 5.65. The standard InChI is InChI=1S/C19H28N2OS/c1-13-5-7-17(8-6-13)23-10-9-18(22)21-19-14-3-2-4-15(19)12-16(20)11-14/h5-8,14-16,19H,2-4,9-12,20H2,1H3,(H,21,22). The normalized spacial score (nSPS) is 30.0. The quantitative estimate of drug-likeness (QED) is 0.812. The molecule has 1 aromatic rings. The van der Waals surface area contributed by atoms with Crippen LogP contribution in [-0.2, 0) is 4.79 Å². The highest BCUT2D eigenvalue weighted by Crippen LogP contribution is 2.39. The molecule has 3 nitrogen and oxygen atoms in total. The topological polar surface area (TPSA) is 55.1 Å². The first-order chi connectivity index (χ1) is 11.1. The van der Waals surface area contributed by atoms with Gasteiger partial charge in [-0.25, -0.2) is 0 Å². The molecule has 1 amide bonds. The summed E-state index contributed by atoms with van der Waals surface area (Å²) in [6.45, 7) is 2.09. The summed E-state index contributed by atoms with van der Waals surface area (Å²) in [6, 6.07) is 9.22. The highest BCUT2D eigenvalue weighted by molar-refractivity contribution is 7.99. The fraction of sp³-hybridized carbons (Fsp3) is 0.632. The van der Waals surface area contributed by atoms with E-state index in [1.807, 2.05) is 0 Å². The summed E-state index contributed by atoms with van der Waals surface area (Å²) in [5, 5.41) is 3.33. The second-order valence-electron chi connectivity index (χ2n) is 7.19. The number of thioether (sulfide) groups is 1. The lowest BCUT2D eigenvalue weighted by Crippen LogP contribution is -2.53. The monoisotopic (exact) mass is 332 g/mol. The summed E-state index contributed by atoms with van der Waals surface area (Å²) in [5.41, 5.74) is 7.43. The number of rotatable bonds is 5. The van der Waals surface area contributed by atoms with Gasteiger partial charge in [-0.15, -0.1) is 11.8 Å². The van der Waals surface area contributed by atoms with Crippen LogP contribution in [0.4, 0.5) is 0 Å². The third-order valence-electron chi connectivity index (χ3n) is 5.32. The fourth-order valence-corrected chi connectivity index (χ4v) is 5.03. The Bertz CT molecular complexity index is 517. The van der Waals surface area contributed by atoms with Crippen LogP contribution in [0.1, 0.15) is 44.1 Å². The summed E-state index contributed by atoms with van der Waals surface area (Å²) >= 11 is 1.76. The van der Waals surface area contributed by atoms with Crippen molar-refractivity contribution in [3.05, 3.63) is 29.8 Å². The molecule has 2 aliphatic rings. The van der Waals surface area contributed by atoms with Crippen LogP contribution in [0.5, 0.6) is 0 Å². The van der Waals surface area contributed by atoms with Crippen molar-refractivity contribution in [2.24, 2.45) is 17.6 Å². The van der Waals surface area contributed by atoms with Crippen molar-refractivity contribution in [2.75, 3.05) is 5.75 Å². The van der Waals surface area contributed by atoms with Crippen LogP contribution in [0.25, 0.3) is 0 Å². The number of amides is 1. The minimum absolute atomic E-state index is 0.210. The van der Waals surface area contributed by atoms with Crippen LogP contribution in [0.3, 0.4) is 0 Å². The van der Waals surface area contributed by atoms with Crippen molar-refractivity contribution in [3.8, 4) is 0 Å². The molecule has 23 heavy (non-hydrogen) atoms. The van der Waals surface area contributed by atoms with E-state index < -0.39 is 0 Å². The molecule has 1 aromatic carbocycles. The van der Waals surface area contributed by atoms with Crippen LogP contribution < -0.4 is 11.1 Å². The van der Waals surface area contributed by atoms with Crippen LogP contribution in [-0.4, -0.2) is 23.7 Å². The van der Waals surface area contributed by atoms with Crippen molar-refractivity contribution >= 4 is 17.7 Å². The molecule has 3 N–H and O–H groups in total. The van der Waals surface area contributed by atoms with Crippen molar-refractivity contribution in [1.82, 2.24) is 5.32 Å².